The highest BCUT2D eigenvalue weighted by molar-refractivity contribution is 5.85. The summed E-state index contributed by atoms with van der Waals surface area (Å²) in [4.78, 5) is 12.2. The van der Waals surface area contributed by atoms with Crippen LogP contribution in [0.1, 0.15) is 39.5 Å². The summed E-state index contributed by atoms with van der Waals surface area (Å²) in [5.41, 5.74) is -0.137. The van der Waals surface area contributed by atoms with Crippen molar-refractivity contribution in [3.05, 3.63) is 0 Å². The summed E-state index contributed by atoms with van der Waals surface area (Å²) in [6.45, 7) is 6.49. The molecule has 0 bridgehead atoms. The molecule has 0 spiro atoms. The van der Waals surface area contributed by atoms with Gasteiger partial charge in [0.25, 0.3) is 0 Å². The van der Waals surface area contributed by atoms with Gasteiger partial charge in [0.05, 0.1) is 5.41 Å². The van der Waals surface area contributed by atoms with E-state index >= 15 is 0 Å². The molecule has 0 aliphatic heterocycles. The first-order valence-electron chi connectivity index (χ1n) is 6.65. The van der Waals surface area contributed by atoms with E-state index in [2.05, 4.69) is 24.5 Å². The van der Waals surface area contributed by atoms with Crippen LogP contribution in [0.15, 0.2) is 0 Å². The second kappa shape index (κ2) is 8.73. The first-order chi connectivity index (χ1) is 8.14. The second-order valence-electron chi connectivity index (χ2n) is 5.05. The van der Waals surface area contributed by atoms with Gasteiger partial charge in [-0.15, -0.1) is 12.4 Å². The SMILES string of the molecule is CCN[C@H](C)CNC(=O)C1(CCOC)CCC1.Cl. The lowest BCUT2D eigenvalue weighted by atomic mass is 9.66. The molecule has 0 aromatic heterocycles. The molecule has 1 saturated carbocycles. The van der Waals surface area contributed by atoms with Gasteiger partial charge in [0.2, 0.25) is 5.91 Å². The predicted octanol–water partition coefficient (Wildman–Crippen LogP) is 1.73. The minimum atomic E-state index is -0.137. The Kier molecular flexibility index (Phi) is 8.57. The largest absolute Gasteiger partial charge is 0.385 e. The van der Waals surface area contributed by atoms with Crippen LogP contribution in [0.5, 0.6) is 0 Å². The maximum Gasteiger partial charge on any atom is 0.226 e. The van der Waals surface area contributed by atoms with E-state index in [9.17, 15) is 4.79 Å². The Morgan fingerprint density at radius 3 is 2.56 bits per heavy atom. The van der Waals surface area contributed by atoms with E-state index in [0.717, 1.165) is 25.8 Å². The summed E-state index contributed by atoms with van der Waals surface area (Å²) in [6.07, 6.45) is 4.04. The molecular weight excluding hydrogens is 252 g/mol. The third-order valence-corrected chi connectivity index (χ3v) is 3.70. The number of halogens is 1. The van der Waals surface area contributed by atoms with Crippen LogP contribution in [0.4, 0.5) is 0 Å². The number of carbonyl (C=O) groups excluding carboxylic acids is 1. The Labute approximate surface area is 117 Å². The van der Waals surface area contributed by atoms with Crippen LogP contribution in [0.2, 0.25) is 0 Å². The lowest BCUT2D eigenvalue weighted by Crippen LogP contribution is -2.49. The molecule has 18 heavy (non-hydrogen) atoms. The summed E-state index contributed by atoms with van der Waals surface area (Å²) in [7, 11) is 1.69. The number of likely N-dealkylation sites (N-methyl/N-ethyl adjacent to an activating group) is 1. The van der Waals surface area contributed by atoms with Gasteiger partial charge in [-0.2, -0.15) is 0 Å². The van der Waals surface area contributed by atoms with Crippen molar-refractivity contribution in [3.63, 3.8) is 0 Å². The maximum atomic E-state index is 12.2. The highest BCUT2D eigenvalue weighted by Crippen LogP contribution is 2.44. The fourth-order valence-electron chi connectivity index (χ4n) is 2.35. The van der Waals surface area contributed by atoms with Crippen LogP contribution in [0.25, 0.3) is 0 Å². The number of methoxy groups -OCH3 is 1. The zero-order chi connectivity index (χ0) is 12.7. The molecule has 0 unspecified atom stereocenters. The molecule has 0 saturated heterocycles. The van der Waals surface area contributed by atoms with Crippen LogP contribution in [0.3, 0.4) is 0 Å². The third-order valence-electron chi connectivity index (χ3n) is 3.70. The van der Waals surface area contributed by atoms with E-state index in [1.807, 2.05) is 0 Å². The van der Waals surface area contributed by atoms with Crippen LogP contribution in [-0.4, -0.2) is 38.8 Å². The fraction of sp³-hybridized carbons (Fsp3) is 0.923. The fourth-order valence-corrected chi connectivity index (χ4v) is 2.35. The van der Waals surface area contributed by atoms with E-state index < -0.39 is 0 Å². The Morgan fingerprint density at radius 1 is 1.44 bits per heavy atom. The van der Waals surface area contributed by atoms with Gasteiger partial charge in [-0.05, 0) is 32.7 Å². The minimum Gasteiger partial charge on any atom is -0.385 e. The number of rotatable bonds is 8. The summed E-state index contributed by atoms with van der Waals surface area (Å²) < 4.78 is 5.10. The van der Waals surface area contributed by atoms with Crippen LogP contribution in [0, 0.1) is 5.41 Å². The van der Waals surface area contributed by atoms with Gasteiger partial charge in [0, 0.05) is 26.3 Å². The molecule has 0 heterocycles. The molecule has 0 radical (unpaired) electrons. The highest BCUT2D eigenvalue weighted by atomic mass is 35.5. The first kappa shape index (κ1) is 17.7. The van der Waals surface area contributed by atoms with Crippen molar-refractivity contribution in [2.24, 2.45) is 5.41 Å². The third kappa shape index (κ3) is 4.75. The highest BCUT2D eigenvalue weighted by Gasteiger charge is 2.43. The molecule has 2 N–H and O–H groups in total. The zero-order valence-corrected chi connectivity index (χ0v) is 12.6. The summed E-state index contributed by atoms with van der Waals surface area (Å²) >= 11 is 0. The van der Waals surface area contributed by atoms with E-state index in [0.29, 0.717) is 19.2 Å². The molecule has 1 fully saturated rings. The smallest absolute Gasteiger partial charge is 0.226 e. The normalized spacial score (nSPS) is 18.4. The molecule has 1 aliphatic carbocycles. The van der Waals surface area contributed by atoms with Gasteiger partial charge in [0.15, 0.2) is 0 Å². The van der Waals surface area contributed by atoms with Gasteiger partial charge in [-0.25, -0.2) is 0 Å². The Balaban J connectivity index is 0.00000289. The van der Waals surface area contributed by atoms with Crippen LogP contribution in [-0.2, 0) is 9.53 Å². The zero-order valence-electron chi connectivity index (χ0n) is 11.8. The van der Waals surface area contributed by atoms with Gasteiger partial charge in [0.1, 0.15) is 0 Å². The van der Waals surface area contributed by atoms with E-state index in [4.69, 9.17) is 4.74 Å². The standard InChI is InChI=1S/C13H26N2O2.ClH/c1-4-14-11(2)10-15-12(16)13(6-5-7-13)8-9-17-3;/h11,14H,4-10H2,1-3H3,(H,15,16);1H/t11-;/m1./s1. The van der Waals surface area contributed by atoms with Crippen molar-refractivity contribution in [2.45, 2.75) is 45.6 Å². The molecule has 1 rings (SSSR count). The molecule has 0 aromatic carbocycles. The number of amides is 1. The number of nitrogens with one attached hydrogen (secondary N) is 2. The van der Waals surface area contributed by atoms with Crippen molar-refractivity contribution in [2.75, 3.05) is 26.8 Å². The second-order valence-corrected chi connectivity index (χ2v) is 5.05. The molecule has 1 aliphatic rings. The average molecular weight is 279 g/mol. The number of ether oxygens (including phenoxy) is 1. The molecular formula is C13H27ClN2O2. The molecule has 4 nitrogen and oxygen atoms in total. The number of carbonyl (C=O) groups is 1. The Bertz CT molecular complexity index is 245. The Morgan fingerprint density at radius 2 is 2.11 bits per heavy atom. The van der Waals surface area contributed by atoms with Crippen LogP contribution >= 0.6 is 12.4 Å². The topological polar surface area (TPSA) is 50.4 Å². The molecule has 1 amide bonds. The van der Waals surface area contributed by atoms with Gasteiger partial charge in [-0.1, -0.05) is 13.3 Å². The van der Waals surface area contributed by atoms with Crippen LogP contribution < -0.4 is 10.6 Å². The summed E-state index contributed by atoms with van der Waals surface area (Å²) in [5.74, 6) is 0.213. The van der Waals surface area contributed by atoms with Gasteiger partial charge in [-0.3, -0.25) is 4.79 Å². The van der Waals surface area contributed by atoms with E-state index in [-0.39, 0.29) is 23.7 Å². The summed E-state index contributed by atoms with van der Waals surface area (Å²) in [6, 6.07) is 0.337. The maximum absolute atomic E-state index is 12.2. The van der Waals surface area contributed by atoms with Gasteiger partial charge >= 0.3 is 0 Å². The van der Waals surface area contributed by atoms with E-state index in [1.165, 1.54) is 6.42 Å². The van der Waals surface area contributed by atoms with Crippen molar-refractivity contribution in [1.29, 1.82) is 0 Å². The predicted molar refractivity (Wildman–Crippen MR) is 76.2 cm³/mol. The van der Waals surface area contributed by atoms with Gasteiger partial charge < -0.3 is 15.4 Å². The van der Waals surface area contributed by atoms with E-state index in [1.54, 1.807) is 7.11 Å². The monoisotopic (exact) mass is 278 g/mol. The van der Waals surface area contributed by atoms with Crippen molar-refractivity contribution in [3.8, 4) is 0 Å². The summed E-state index contributed by atoms with van der Waals surface area (Å²) in [5, 5.41) is 6.35. The average Bonchev–Trinajstić information content (AvgIpc) is 2.25. The molecule has 108 valence electrons. The molecule has 0 aromatic rings. The first-order valence-corrected chi connectivity index (χ1v) is 6.65. The quantitative estimate of drug-likeness (QED) is 0.711. The molecule has 5 heteroatoms. The lowest BCUT2D eigenvalue weighted by molar-refractivity contribution is -0.137. The minimum absolute atomic E-state index is 0. The number of hydrogen-bond acceptors (Lipinski definition) is 3. The van der Waals surface area contributed by atoms with Crippen molar-refractivity contribution >= 4 is 18.3 Å². The van der Waals surface area contributed by atoms with Crippen molar-refractivity contribution < 1.29 is 9.53 Å². The Hall–Kier alpha value is -0.320. The molecule has 1 atom stereocenters. The lowest BCUT2D eigenvalue weighted by Gasteiger charge is -2.40. The number of hydrogen-bond donors (Lipinski definition) is 2. The van der Waals surface area contributed by atoms with Crippen molar-refractivity contribution in [1.82, 2.24) is 10.6 Å².